The van der Waals surface area contributed by atoms with Gasteiger partial charge in [0.15, 0.2) is 5.16 Å². The van der Waals surface area contributed by atoms with E-state index in [1.807, 2.05) is 44.2 Å². The zero-order chi connectivity index (χ0) is 21.7. The maximum absolute atomic E-state index is 12.4. The number of thioether (sulfide) groups is 1. The third kappa shape index (κ3) is 5.61. The molecule has 0 aliphatic carbocycles. The number of nitrogens with zero attached hydrogens (tertiary/aromatic N) is 3. The first-order valence-corrected chi connectivity index (χ1v) is 10.6. The molecule has 0 atom stereocenters. The van der Waals surface area contributed by atoms with Crippen molar-refractivity contribution >= 4 is 46.6 Å². The Bertz CT molecular complexity index is 1080. The highest BCUT2D eigenvalue weighted by Gasteiger charge is 2.15. The molecule has 0 saturated heterocycles. The van der Waals surface area contributed by atoms with Gasteiger partial charge in [-0.3, -0.25) is 9.59 Å². The molecule has 0 radical (unpaired) electrons. The molecule has 156 valence electrons. The van der Waals surface area contributed by atoms with Crippen LogP contribution in [0, 0.1) is 13.8 Å². The molecule has 0 saturated carbocycles. The highest BCUT2D eigenvalue weighted by atomic mass is 35.5. The molecule has 2 N–H and O–H groups in total. The second-order valence-electron chi connectivity index (χ2n) is 6.79. The summed E-state index contributed by atoms with van der Waals surface area (Å²) in [5.41, 5.74) is 3.37. The molecule has 7 nitrogen and oxygen atoms in total. The van der Waals surface area contributed by atoms with Gasteiger partial charge in [0.1, 0.15) is 5.82 Å². The molecule has 0 fully saturated rings. The Morgan fingerprint density at radius 1 is 1.00 bits per heavy atom. The molecular formula is C21H22ClN5O2S. The lowest BCUT2D eigenvalue weighted by Gasteiger charge is -2.09. The quantitative estimate of drug-likeness (QED) is 0.539. The van der Waals surface area contributed by atoms with Crippen LogP contribution in [0.2, 0.25) is 5.02 Å². The lowest BCUT2D eigenvalue weighted by Crippen LogP contribution is -2.18. The van der Waals surface area contributed by atoms with Gasteiger partial charge in [-0.1, -0.05) is 47.6 Å². The summed E-state index contributed by atoms with van der Waals surface area (Å²) < 4.78 is 1.72. The molecule has 3 aromatic rings. The van der Waals surface area contributed by atoms with Gasteiger partial charge in [-0.2, -0.15) is 0 Å². The number of benzene rings is 2. The lowest BCUT2D eigenvalue weighted by molar-refractivity contribution is -0.116. The Hall–Kier alpha value is -2.84. The fourth-order valence-corrected chi connectivity index (χ4v) is 3.62. The van der Waals surface area contributed by atoms with Crippen molar-refractivity contribution in [3.8, 4) is 0 Å². The minimum absolute atomic E-state index is 0.0896. The van der Waals surface area contributed by atoms with Crippen LogP contribution in [0.4, 0.5) is 11.4 Å². The molecule has 2 amide bonds. The van der Waals surface area contributed by atoms with Gasteiger partial charge in [-0.05, 0) is 43.2 Å². The Kier molecular flexibility index (Phi) is 7.12. The molecule has 1 heterocycles. The average molecular weight is 444 g/mol. The van der Waals surface area contributed by atoms with Crippen LogP contribution in [-0.4, -0.2) is 32.3 Å². The summed E-state index contributed by atoms with van der Waals surface area (Å²) in [6, 6.07) is 12.9. The molecule has 0 bridgehead atoms. The summed E-state index contributed by atoms with van der Waals surface area (Å²) in [5, 5.41) is 15.0. The predicted molar refractivity (Wildman–Crippen MR) is 120 cm³/mol. The summed E-state index contributed by atoms with van der Waals surface area (Å²) in [5.74, 6) is 0.334. The molecule has 1 aromatic heterocycles. The van der Waals surface area contributed by atoms with E-state index >= 15 is 0 Å². The minimum atomic E-state index is -0.175. The molecule has 3 rings (SSSR count). The van der Waals surface area contributed by atoms with Gasteiger partial charge < -0.3 is 15.2 Å². The standard InChI is InChI=1S/C21H22ClN5O2S/c1-13-6-4-5-7-16(13)23-19(28)11-18-25-26-21(27(18)3)30-12-20(29)24-17-10-15(22)9-8-14(17)2/h4-10H,11-12H2,1-3H3,(H,23,28)(H,24,29). The van der Waals surface area contributed by atoms with Crippen molar-refractivity contribution in [3.63, 3.8) is 0 Å². The maximum Gasteiger partial charge on any atom is 0.234 e. The van der Waals surface area contributed by atoms with E-state index in [0.717, 1.165) is 16.8 Å². The van der Waals surface area contributed by atoms with E-state index in [4.69, 9.17) is 11.6 Å². The molecule has 0 aliphatic rings. The van der Waals surface area contributed by atoms with Crippen molar-refractivity contribution in [2.75, 3.05) is 16.4 Å². The van der Waals surface area contributed by atoms with Crippen molar-refractivity contribution in [2.45, 2.75) is 25.4 Å². The van der Waals surface area contributed by atoms with Gasteiger partial charge in [0.2, 0.25) is 11.8 Å². The SMILES string of the molecule is Cc1ccc(Cl)cc1NC(=O)CSc1nnc(CC(=O)Nc2ccccc2C)n1C. The number of nitrogens with one attached hydrogen (secondary N) is 2. The Morgan fingerprint density at radius 3 is 2.47 bits per heavy atom. The van der Waals surface area contributed by atoms with E-state index in [-0.39, 0.29) is 24.0 Å². The number of hydrogen-bond acceptors (Lipinski definition) is 5. The zero-order valence-electron chi connectivity index (χ0n) is 16.9. The monoisotopic (exact) mass is 443 g/mol. The first kappa shape index (κ1) is 21.9. The molecule has 30 heavy (non-hydrogen) atoms. The molecule has 0 unspecified atom stereocenters. The van der Waals surface area contributed by atoms with Crippen LogP contribution in [0.3, 0.4) is 0 Å². The fraction of sp³-hybridized carbons (Fsp3) is 0.238. The summed E-state index contributed by atoms with van der Waals surface area (Å²) in [7, 11) is 1.78. The first-order chi connectivity index (χ1) is 14.3. The summed E-state index contributed by atoms with van der Waals surface area (Å²) in [4.78, 5) is 24.6. The van der Waals surface area contributed by atoms with E-state index in [9.17, 15) is 9.59 Å². The van der Waals surface area contributed by atoms with Crippen molar-refractivity contribution in [1.82, 2.24) is 14.8 Å². The van der Waals surface area contributed by atoms with Crippen LogP contribution in [0.1, 0.15) is 17.0 Å². The fourth-order valence-electron chi connectivity index (χ4n) is 2.72. The van der Waals surface area contributed by atoms with Crippen LogP contribution in [-0.2, 0) is 23.1 Å². The van der Waals surface area contributed by atoms with Crippen molar-refractivity contribution in [3.05, 3.63) is 64.4 Å². The van der Waals surface area contributed by atoms with E-state index < -0.39 is 0 Å². The second-order valence-corrected chi connectivity index (χ2v) is 8.17. The number of hydrogen-bond donors (Lipinski definition) is 2. The average Bonchev–Trinajstić information content (AvgIpc) is 3.04. The smallest absolute Gasteiger partial charge is 0.234 e. The summed E-state index contributed by atoms with van der Waals surface area (Å²) >= 11 is 7.24. The van der Waals surface area contributed by atoms with Crippen molar-refractivity contribution in [1.29, 1.82) is 0 Å². The minimum Gasteiger partial charge on any atom is -0.325 e. The third-order valence-electron chi connectivity index (χ3n) is 4.47. The van der Waals surface area contributed by atoms with Crippen LogP contribution in [0.15, 0.2) is 47.6 Å². The maximum atomic E-state index is 12.4. The number of para-hydroxylation sites is 1. The molecular weight excluding hydrogens is 422 g/mol. The van der Waals surface area contributed by atoms with Gasteiger partial charge >= 0.3 is 0 Å². The number of halogens is 1. The second kappa shape index (κ2) is 9.77. The lowest BCUT2D eigenvalue weighted by atomic mass is 10.2. The van der Waals surface area contributed by atoms with Gasteiger partial charge in [-0.15, -0.1) is 10.2 Å². The number of aromatic nitrogens is 3. The summed E-state index contributed by atoms with van der Waals surface area (Å²) in [6.45, 7) is 3.83. The van der Waals surface area contributed by atoms with Crippen LogP contribution in [0.5, 0.6) is 0 Å². The van der Waals surface area contributed by atoms with Crippen LogP contribution >= 0.6 is 23.4 Å². The third-order valence-corrected chi connectivity index (χ3v) is 5.72. The Morgan fingerprint density at radius 2 is 1.70 bits per heavy atom. The number of amides is 2. The topological polar surface area (TPSA) is 88.9 Å². The highest BCUT2D eigenvalue weighted by Crippen LogP contribution is 2.22. The van der Waals surface area contributed by atoms with Gasteiger partial charge in [0.05, 0.1) is 12.2 Å². The number of rotatable bonds is 7. The number of carbonyl (C=O) groups excluding carboxylic acids is 2. The Balaban J connectivity index is 1.56. The van der Waals surface area contributed by atoms with Crippen molar-refractivity contribution < 1.29 is 9.59 Å². The van der Waals surface area contributed by atoms with Crippen LogP contribution < -0.4 is 10.6 Å². The number of aryl methyl sites for hydroxylation is 2. The summed E-state index contributed by atoms with van der Waals surface area (Å²) in [6.07, 6.45) is 0.0896. The highest BCUT2D eigenvalue weighted by molar-refractivity contribution is 7.99. The van der Waals surface area contributed by atoms with Gasteiger partial charge in [0, 0.05) is 23.4 Å². The first-order valence-electron chi connectivity index (χ1n) is 9.26. The molecule has 9 heteroatoms. The largest absolute Gasteiger partial charge is 0.325 e. The number of anilines is 2. The van der Waals surface area contributed by atoms with Gasteiger partial charge in [0.25, 0.3) is 0 Å². The Labute approximate surface area is 184 Å². The predicted octanol–water partition coefficient (Wildman–Crippen LogP) is 4.00. The molecule has 2 aromatic carbocycles. The normalized spacial score (nSPS) is 10.7. The zero-order valence-corrected chi connectivity index (χ0v) is 18.5. The van der Waals surface area contributed by atoms with Crippen LogP contribution in [0.25, 0.3) is 0 Å². The molecule has 0 aliphatic heterocycles. The van der Waals surface area contributed by atoms with E-state index in [1.54, 1.807) is 23.7 Å². The number of carbonyl (C=O) groups is 2. The van der Waals surface area contributed by atoms with Crippen molar-refractivity contribution in [2.24, 2.45) is 7.05 Å². The molecule has 0 spiro atoms. The van der Waals surface area contributed by atoms with E-state index in [1.165, 1.54) is 11.8 Å². The van der Waals surface area contributed by atoms with Gasteiger partial charge in [-0.25, -0.2) is 0 Å². The van der Waals surface area contributed by atoms with E-state index in [2.05, 4.69) is 20.8 Å². The van der Waals surface area contributed by atoms with E-state index in [0.29, 0.717) is 21.7 Å².